The number of hydrogen-bond donors (Lipinski definition) is 0. The third-order valence-electron chi connectivity index (χ3n) is 5.99. The van der Waals surface area contributed by atoms with Crippen molar-refractivity contribution < 1.29 is 4.74 Å². The van der Waals surface area contributed by atoms with E-state index in [2.05, 4.69) is 48.1 Å². The summed E-state index contributed by atoms with van der Waals surface area (Å²) in [6.07, 6.45) is 15.4. The minimum absolute atomic E-state index is 0.730. The van der Waals surface area contributed by atoms with Gasteiger partial charge in [-0.05, 0) is 36.7 Å². The molecule has 1 aromatic carbocycles. The van der Waals surface area contributed by atoms with E-state index in [1.165, 1.54) is 50.5 Å². The van der Waals surface area contributed by atoms with Crippen molar-refractivity contribution in [2.45, 2.75) is 71.6 Å². The molecule has 1 aromatic heterocycles. The highest BCUT2D eigenvalue weighted by Gasteiger charge is 2.19. The van der Waals surface area contributed by atoms with Gasteiger partial charge in [-0.1, -0.05) is 76.6 Å². The predicted octanol–water partition coefficient (Wildman–Crippen LogP) is 6.47. The molecule has 146 valence electrons. The number of nitrogens with zero attached hydrogens (tertiary/aromatic N) is 2. The van der Waals surface area contributed by atoms with Crippen molar-refractivity contribution in [1.29, 1.82) is 0 Å². The van der Waals surface area contributed by atoms with Gasteiger partial charge in [-0.15, -0.1) is 0 Å². The lowest BCUT2D eigenvalue weighted by Crippen LogP contribution is -2.14. The first kappa shape index (κ1) is 19.9. The lowest BCUT2D eigenvalue weighted by atomic mass is 9.78. The largest absolute Gasteiger partial charge is 0.490 e. The van der Waals surface area contributed by atoms with Crippen molar-refractivity contribution in [3.05, 3.63) is 42.2 Å². The molecule has 0 spiro atoms. The maximum Gasteiger partial charge on any atom is 0.159 e. The zero-order valence-corrected chi connectivity index (χ0v) is 17.0. The zero-order chi connectivity index (χ0) is 18.9. The van der Waals surface area contributed by atoms with E-state index in [-0.39, 0.29) is 0 Å². The van der Waals surface area contributed by atoms with Crippen LogP contribution in [0.25, 0.3) is 11.4 Å². The molecule has 3 heteroatoms. The fraction of sp³-hybridized carbons (Fsp3) is 0.583. The lowest BCUT2D eigenvalue weighted by Gasteiger charge is -2.27. The minimum atomic E-state index is 0.730. The van der Waals surface area contributed by atoms with Crippen molar-refractivity contribution in [1.82, 2.24) is 9.97 Å². The predicted molar refractivity (Wildman–Crippen MR) is 112 cm³/mol. The van der Waals surface area contributed by atoms with Gasteiger partial charge in [-0.25, -0.2) is 9.97 Å². The molecule has 1 aliphatic carbocycles. The van der Waals surface area contributed by atoms with Crippen molar-refractivity contribution in [2.24, 2.45) is 11.8 Å². The molecule has 0 atom stereocenters. The van der Waals surface area contributed by atoms with Gasteiger partial charge in [-0.3, -0.25) is 0 Å². The Hall–Kier alpha value is -1.90. The number of hydrogen-bond acceptors (Lipinski definition) is 3. The molecule has 0 saturated heterocycles. The van der Waals surface area contributed by atoms with Gasteiger partial charge in [0.2, 0.25) is 0 Å². The van der Waals surface area contributed by atoms with Crippen LogP contribution in [0.15, 0.2) is 36.7 Å². The number of rotatable bonds is 9. The summed E-state index contributed by atoms with van der Waals surface area (Å²) in [5.41, 5.74) is 2.50. The molecule has 1 heterocycles. The average Bonchev–Trinajstić information content (AvgIpc) is 2.74. The topological polar surface area (TPSA) is 35.0 Å². The fourth-order valence-corrected chi connectivity index (χ4v) is 3.99. The van der Waals surface area contributed by atoms with Crippen LogP contribution >= 0.6 is 0 Å². The van der Waals surface area contributed by atoms with Crippen LogP contribution in [0.5, 0.6) is 5.75 Å². The molecular formula is C24H34N2O. The summed E-state index contributed by atoms with van der Waals surface area (Å²) >= 11 is 0. The van der Waals surface area contributed by atoms with Crippen molar-refractivity contribution in [3.8, 4) is 17.1 Å². The molecule has 0 unspecified atom stereocenters. The number of unbranched alkanes of at least 4 members (excludes halogenated alkanes) is 1. The number of aryl methyl sites for hydroxylation is 1. The molecule has 2 aromatic rings. The third kappa shape index (κ3) is 6.05. The van der Waals surface area contributed by atoms with E-state index in [1.807, 2.05) is 0 Å². The van der Waals surface area contributed by atoms with E-state index < -0.39 is 0 Å². The Kier molecular flexibility index (Phi) is 7.67. The minimum Gasteiger partial charge on any atom is -0.490 e. The number of ether oxygens (including phenoxy) is 1. The molecule has 0 amide bonds. The number of benzene rings is 1. The molecule has 1 aliphatic rings. The highest BCUT2D eigenvalue weighted by atomic mass is 16.5. The summed E-state index contributed by atoms with van der Waals surface area (Å²) in [6, 6.07) is 8.77. The molecule has 1 saturated carbocycles. The molecule has 1 fully saturated rings. The van der Waals surface area contributed by atoms with E-state index in [4.69, 9.17) is 4.74 Å². The van der Waals surface area contributed by atoms with Crippen LogP contribution in [-0.4, -0.2) is 16.6 Å². The molecule has 0 aliphatic heterocycles. The van der Waals surface area contributed by atoms with Gasteiger partial charge in [0.05, 0.1) is 19.0 Å². The Morgan fingerprint density at radius 2 is 1.59 bits per heavy atom. The van der Waals surface area contributed by atoms with E-state index in [0.29, 0.717) is 0 Å². The summed E-state index contributed by atoms with van der Waals surface area (Å²) in [5.74, 6) is 3.43. The maximum atomic E-state index is 5.63. The Bertz CT molecular complexity index is 658. The molecular weight excluding hydrogens is 332 g/mol. The summed E-state index contributed by atoms with van der Waals surface area (Å²) in [5, 5.41) is 0. The Morgan fingerprint density at radius 3 is 2.22 bits per heavy atom. The average molecular weight is 367 g/mol. The second-order valence-electron chi connectivity index (χ2n) is 7.97. The molecule has 0 N–H and O–H groups in total. The van der Waals surface area contributed by atoms with Gasteiger partial charge in [0.15, 0.2) is 11.6 Å². The van der Waals surface area contributed by atoms with Gasteiger partial charge >= 0.3 is 0 Å². The molecule has 0 bridgehead atoms. The van der Waals surface area contributed by atoms with Gasteiger partial charge in [0, 0.05) is 5.56 Å². The highest BCUT2D eigenvalue weighted by Crippen LogP contribution is 2.33. The first-order valence-electron chi connectivity index (χ1n) is 10.8. The first-order valence-corrected chi connectivity index (χ1v) is 10.8. The van der Waals surface area contributed by atoms with Crippen LogP contribution in [0.4, 0.5) is 0 Å². The third-order valence-corrected chi connectivity index (χ3v) is 5.99. The smallest absolute Gasteiger partial charge is 0.159 e. The Balaban J connectivity index is 1.48. The van der Waals surface area contributed by atoms with E-state index in [1.54, 1.807) is 12.4 Å². The Morgan fingerprint density at radius 1 is 0.926 bits per heavy atom. The summed E-state index contributed by atoms with van der Waals surface area (Å²) in [4.78, 5) is 8.91. The van der Waals surface area contributed by atoms with Crippen LogP contribution in [0.2, 0.25) is 0 Å². The van der Waals surface area contributed by atoms with Gasteiger partial charge in [-0.2, -0.15) is 0 Å². The van der Waals surface area contributed by atoms with Gasteiger partial charge in [0.1, 0.15) is 0 Å². The normalized spacial score (nSPS) is 19.8. The maximum absolute atomic E-state index is 5.63. The van der Waals surface area contributed by atoms with Crippen molar-refractivity contribution in [2.75, 3.05) is 6.61 Å². The standard InChI is InChI=1S/C24H34N2O/c1-3-5-16-27-23-17-25-24(26-18-23)22-14-12-21(13-15-22)11-10-20-8-6-19(4-2)7-9-20/h12-15,17-20H,3-11,16H2,1-2H3. The Labute approximate surface area is 164 Å². The SMILES string of the molecule is CCCCOc1cnc(-c2ccc(CCC3CCC(CC)CC3)cc2)nc1. The van der Waals surface area contributed by atoms with E-state index >= 15 is 0 Å². The molecule has 3 nitrogen and oxygen atoms in total. The molecule has 0 radical (unpaired) electrons. The molecule has 27 heavy (non-hydrogen) atoms. The highest BCUT2D eigenvalue weighted by molar-refractivity contribution is 5.55. The second-order valence-corrected chi connectivity index (χ2v) is 7.97. The van der Waals surface area contributed by atoms with Crippen molar-refractivity contribution in [3.63, 3.8) is 0 Å². The van der Waals surface area contributed by atoms with Crippen molar-refractivity contribution >= 4 is 0 Å². The lowest BCUT2D eigenvalue weighted by molar-refractivity contribution is 0.259. The van der Waals surface area contributed by atoms with Crippen LogP contribution < -0.4 is 4.74 Å². The summed E-state index contributed by atoms with van der Waals surface area (Å²) < 4.78 is 5.63. The van der Waals surface area contributed by atoms with Gasteiger partial charge in [0.25, 0.3) is 0 Å². The zero-order valence-electron chi connectivity index (χ0n) is 17.0. The summed E-state index contributed by atoms with van der Waals surface area (Å²) in [6.45, 7) is 5.22. The quantitative estimate of drug-likeness (QED) is 0.477. The van der Waals surface area contributed by atoms with E-state index in [0.717, 1.165) is 48.4 Å². The first-order chi connectivity index (χ1) is 13.3. The second kappa shape index (κ2) is 10.4. The molecule has 3 rings (SSSR count). The van der Waals surface area contributed by atoms with Crippen LogP contribution in [0.1, 0.15) is 70.8 Å². The van der Waals surface area contributed by atoms with Gasteiger partial charge < -0.3 is 4.74 Å². The number of aromatic nitrogens is 2. The summed E-state index contributed by atoms with van der Waals surface area (Å²) in [7, 11) is 0. The fourth-order valence-electron chi connectivity index (χ4n) is 3.99. The van der Waals surface area contributed by atoms with E-state index in [9.17, 15) is 0 Å². The monoisotopic (exact) mass is 366 g/mol. The van der Waals surface area contributed by atoms with Crippen LogP contribution in [0.3, 0.4) is 0 Å². The van der Waals surface area contributed by atoms with Crippen LogP contribution in [0, 0.1) is 11.8 Å². The van der Waals surface area contributed by atoms with Crippen LogP contribution in [-0.2, 0) is 6.42 Å².